The molecule has 4 rings (SSSR count). The molecule has 2 heterocycles. The highest BCUT2D eigenvalue weighted by atomic mass is 32.1. The van der Waals surface area contributed by atoms with E-state index in [4.69, 9.17) is 0 Å². The fraction of sp³-hybridized carbons (Fsp3) is 0.200. The molecule has 8 heteroatoms. The number of rotatable bonds is 5. The Morgan fingerprint density at radius 3 is 2.57 bits per heavy atom. The number of benzene rings is 2. The molecular formula is C20H20N6OS. The molecule has 4 aromatic rings. The van der Waals surface area contributed by atoms with Crippen LogP contribution in [0.25, 0.3) is 21.3 Å². The van der Waals surface area contributed by atoms with Gasteiger partial charge in [-0.3, -0.25) is 4.79 Å². The lowest BCUT2D eigenvalue weighted by Crippen LogP contribution is -2.35. The maximum Gasteiger partial charge on any atom is 0.262 e. The number of hydrogen-bond acceptors (Lipinski definition) is 6. The predicted molar refractivity (Wildman–Crippen MR) is 114 cm³/mol. The van der Waals surface area contributed by atoms with Crippen LogP contribution in [0.4, 0.5) is 5.13 Å². The number of para-hydroxylation sites is 3. The number of carbonyl (C=O) groups is 1. The zero-order chi connectivity index (χ0) is 19.7. The zero-order valence-electron chi connectivity index (χ0n) is 15.8. The third kappa shape index (κ3) is 3.46. The zero-order valence-corrected chi connectivity index (χ0v) is 16.6. The van der Waals surface area contributed by atoms with Gasteiger partial charge in [-0.05, 0) is 38.1 Å². The summed E-state index contributed by atoms with van der Waals surface area (Å²) in [5, 5.41) is 8.07. The molecule has 0 spiro atoms. The molecule has 0 aliphatic heterocycles. The molecule has 1 atom stereocenters. The minimum Gasteiger partial charge on any atom is -0.350 e. The van der Waals surface area contributed by atoms with Gasteiger partial charge in [-0.1, -0.05) is 35.6 Å². The summed E-state index contributed by atoms with van der Waals surface area (Å²) in [5.74, 6) is 0.477. The van der Waals surface area contributed by atoms with Gasteiger partial charge in [0.2, 0.25) is 0 Å². The molecule has 7 nitrogen and oxygen atoms in total. The van der Waals surface area contributed by atoms with Crippen LogP contribution in [0, 0.1) is 0 Å². The number of nitrogens with zero attached hydrogens (tertiary/aromatic N) is 4. The first kappa shape index (κ1) is 18.1. The van der Waals surface area contributed by atoms with Gasteiger partial charge in [-0.2, -0.15) is 5.10 Å². The number of fused-ring (bicyclic) bond motifs is 2. The van der Waals surface area contributed by atoms with Crippen LogP contribution in [0.15, 0.2) is 53.6 Å². The molecule has 2 aromatic carbocycles. The molecule has 0 saturated heterocycles. The SMILES string of the molecule is C/C(=N/NC(=O)[C@@H](C)Nc1nc2ccccc2s1)c1nc2ccccc2n1C. The number of thiazole rings is 1. The van der Waals surface area contributed by atoms with Crippen molar-refractivity contribution in [2.45, 2.75) is 19.9 Å². The number of aromatic nitrogens is 3. The smallest absolute Gasteiger partial charge is 0.262 e. The minimum atomic E-state index is -0.474. The highest BCUT2D eigenvalue weighted by Gasteiger charge is 2.15. The summed E-state index contributed by atoms with van der Waals surface area (Å²) >= 11 is 1.52. The lowest BCUT2D eigenvalue weighted by molar-refractivity contribution is -0.121. The predicted octanol–water partition coefficient (Wildman–Crippen LogP) is 3.52. The monoisotopic (exact) mass is 392 g/mol. The van der Waals surface area contributed by atoms with E-state index in [1.165, 1.54) is 11.3 Å². The van der Waals surface area contributed by atoms with Gasteiger partial charge in [-0.25, -0.2) is 15.4 Å². The van der Waals surface area contributed by atoms with E-state index in [0.717, 1.165) is 21.3 Å². The number of hydrazone groups is 1. The molecule has 0 aliphatic carbocycles. The molecular weight excluding hydrogens is 372 g/mol. The summed E-state index contributed by atoms with van der Waals surface area (Å²) < 4.78 is 3.04. The van der Waals surface area contributed by atoms with Crippen LogP contribution < -0.4 is 10.7 Å². The van der Waals surface area contributed by atoms with Gasteiger partial charge in [-0.15, -0.1) is 0 Å². The Morgan fingerprint density at radius 2 is 1.82 bits per heavy atom. The van der Waals surface area contributed by atoms with Crippen molar-refractivity contribution in [1.82, 2.24) is 20.0 Å². The van der Waals surface area contributed by atoms with E-state index >= 15 is 0 Å². The Balaban J connectivity index is 1.45. The lowest BCUT2D eigenvalue weighted by Gasteiger charge is -2.11. The van der Waals surface area contributed by atoms with E-state index in [2.05, 4.69) is 25.8 Å². The number of hydrogen-bond donors (Lipinski definition) is 2. The molecule has 0 saturated carbocycles. The molecule has 142 valence electrons. The van der Waals surface area contributed by atoms with Gasteiger partial charge in [0.1, 0.15) is 11.8 Å². The van der Waals surface area contributed by atoms with Crippen molar-refractivity contribution < 1.29 is 4.79 Å². The second-order valence-electron chi connectivity index (χ2n) is 6.51. The topological polar surface area (TPSA) is 84.2 Å². The van der Waals surface area contributed by atoms with Crippen molar-refractivity contribution >= 4 is 49.3 Å². The fourth-order valence-electron chi connectivity index (χ4n) is 2.94. The molecule has 28 heavy (non-hydrogen) atoms. The third-order valence-corrected chi connectivity index (χ3v) is 5.44. The van der Waals surface area contributed by atoms with E-state index in [0.29, 0.717) is 16.7 Å². The number of aryl methyl sites for hydroxylation is 1. The molecule has 0 aliphatic rings. The van der Waals surface area contributed by atoms with E-state index in [-0.39, 0.29) is 5.91 Å². The quantitative estimate of drug-likeness (QED) is 0.402. The highest BCUT2D eigenvalue weighted by molar-refractivity contribution is 7.22. The van der Waals surface area contributed by atoms with Crippen LogP contribution in [0.5, 0.6) is 0 Å². The second kappa shape index (κ2) is 7.40. The van der Waals surface area contributed by atoms with E-state index < -0.39 is 6.04 Å². The van der Waals surface area contributed by atoms with E-state index in [1.54, 1.807) is 6.92 Å². The van der Waals surface area contributed by atoms with Crippen molar-refractivity contribution in [1.29, 1.82) is 0 Å². The largest absolute Gasteiger partial charge is 0.350 e. The van der Waals surface area contributed by atoms with Gasteiger partial charge in [0.05, 0.1) is 21.3 Å². The first-order valence-corrected chi connectivity index (χ1v) is 9.72. The highest BCUT2D eigenvalue weighted by Crippen LogP contribution is 2.25. The average Bonchev–Trinajstić information content (AvgIpc) is 3.26. The molecule has 0 bridgehead atoms. The summed E-state index contributed by atoms with van der Waals surface area (Å²) in [6, 6.07) is 15.3. The van der Waals surface area contributed by atoms with Gasteiger partial charge in [0.15, 0.2) is 11.0 Å². The second-order valence-corrected chi connectivity index (χ2v) is 7.54. The van der Waals surface area contributed by atoms with Crippen molar-refractivity contribution in [2.24, 2.45) is 12.1 Å². The van der Waals surface area contributed by atoms with Crippen LogP contribution in [0.3, 0.4) is 0 Å². The van der Waals surface area contributed by atoms with Gasteiger partial charge in [0.25, 0.3) is 5.91 Å². The number of amides is 1. The van der Waals surface area contributed by atoms with E-state index in [1.807, 2.05) is 67.1 Å². The average molecular weight is 392 g/mol. The minimum absolute atomic E-state index is 0.239. The van der Waals surface area contributed by atoms with Crippen molar-refractivity contribution in [2.75, 3.05) is 5.32 Å². The first-order valence-electron chi connectivity index (χ1n) is 8.91. The van der Waals surface area contributed by atoms with Crippen LogP contribution in [0.2, 0.25) is 0 Å². The Kier molecular flexibility index (Phi) is 4.79. The normalized spacial score (nSPS) is 13.0. The van der Waals surface area contributed by atoms with Crippen LogP contribution in [-0.4, -0.2) is 32.2 Å². The molecule has 1 amide bonds. The molecule has 2 aromatic heterocycles. The van der Waals surface area contributed by atoms with Gasteiger partial charge in [0, 0.05) is 7.05 Å². The molecule has 0 fully saturated rings. The number of anilines is 1. The van der Waals surface area contributed by atoms with Crippen molar-refractivity contribution in [3.8, 4) is 0 Å². The van der Waals surface area contributed by atoms with Crippen molar-refractivity contribution in [3.05, 3.63) is 54.4 Å². The summed E-state index contributed by atoms with van der Waals surface area (Å²) in [4.78, 5) is 21.5. The molecule has 0 unspecified atom stereocenters. The Labute approximate surface area is 166 Å². The lowest BCUT2D eigenvalue weighted by atomic mass is 10.3. The summed E-state index contributed by atoms with van der Waals surface area (Å²) in [6.07, 6.45) is 0. The number of carbonyl (C=O) groups excluding carboxylic acids is 1. The summed E-state index contributed by atoms with van der Waals surface area (Å²) in [5.41, 5.74) is 6.08. The molecule has 2 N–H and O–H groups in total. The van der Waals surface area contributed by atoms with Gasteiger partial charge < -0.3 is 9.88 Å². The van der Waals surface area contributed by atoms with Crippen LogP contribution in [-0.2, 0) is 11.8 Å². The number of nitrogens with one attached hydrogen (secondary N) is 2. The maximum absolute atomic E-state index is 12.4. The molecule has 0 radical (unpaired) electrons. The Bertz CT molecular complexity index is 1160. The van der Waals surface area contributed by atoms with E-state index in [9.17, 15) is 4.79 Å². The first-order chi connectivity index (χ1) is 13.5. The maximum atomic E-state index is 12.4. The van der Waals surface area contributed by atoms with Crippen LogP contribution >= 0.6 is 11.3 Å². The fourth-order valence-corrected chi connectivity index (χ4v) is 3.89. The Morgan fingerprint density at radius 1 is 1.11 bits per heavy atom. The summed E-state index contributed by atoms with van der Waals surface area (Å²) in [6.45, 7) is 3.61. The Hall–Kier alpha value is -3.26. The van der Waals surface area contributed by atoms with Crippen LogP contribution in [0.1, 0.15) is 19.7 Å². The van der Waals surface area contributed by atoms with Crippen molar-refractivity contribution in [3.63, 3.8) is 0 Å². The van der Waals surface area contributed by atoms with Gasteiger partial charge >= 0.3 is 0 Å². The summed E-state index contributed by atoms with van der Waals surface area (Å²) in [7, 11) is 1.93. The standard InChI is InChI=1S/C20H20N6OS/c1-12(18-22-14-8-4-6-10-16(14)26(18)3)24-25-19(27)13(2)21-20-23-15-9-5-7-11-17(15)28-20/h4-11,13H,1-3H3,(H,21,23)(H,25,27)/b24-12-/t13-/m1/s1. The third-order valence-electron chi connectivity index (χ3n) is 4.47. The number of imidazole rings is 1.